The second-order valence-electron chi connectivity index (χ2n) is 5.12. The van der Waals surface area contributed by atoms with Gasteiger partial charge in [-0.15, -0.1) is 0 Å². The maximum atomic E-state index is 13.8. The number of nitrogens with zero attached hydrogens (tertiary/aromatic N) is 1. The highest BCUT2D eigenvalue weighted by Gasteiger charge is 2.20. The number of hydrogen-bond acceptors (Lipinski definition) is 3. The highest BCUT2D eigenvalue weighted by molar-refractivity contribution is 5.17. The summed E-state index contributed by atoms with van der Waals surface area (Å²) in [5.74, 6) is -0.219. The van der Waals surface area contributed by atoms with E-state index in [9.17, 15) is 4.39 Å². The van der Waals surface area contributed by atoms with E-state index in [2.05, 4.69) is 17.2 Å². The SMILES string of the molecule is CCCNC(CCC1CCCO1)c1ccncc1F. The summed E-state index contributed by atoms with van der Waals surface area (Å²) in [4.78, 5) is 3.82. The maximum absolute atomic E-state index is 13.8. The molecule has 19 heavy (non-hydrogen) atoms. The Morgan fingerprint density at radius 1 is 1.58 bits per heavy atom. The van der Waals surface area contributed by atoms with Gasteiger partial charge in [0.1, 0.15) is 5.82 Å². The first-order chi connectivity index (χ1) is 9.31. The van der Waals surface area contributed by atoms with Gasteiger partial charge in [0.25, 0.3) is 0 Å². The van der Waals surface area contributed by atoms with Gasteiger partial charge in [-0.1, -0.05) is 6.92 Å². The van der Waals surface area contributed by atoms with Gasteiger partial charge in [-0.05, 0) is 44.7 Å². The third-order valence-corrected chi connectivity index (χ3v) is 3.62. The molecule has 1 aliphatic heterocycles. The van der Waals surface area contributed by atoms with Crippen molar-refractivity contribution >= 4 is 0 Å². The van der Waals surface area contributed by atoms with Crippen molar-refractivity contribution in [3.63, 3.8) is 0 Å². The number of nitrogens with one attached hydrogen (secondary N) is 1. The number of hydrogen-bond donors (Lipinski definition) is 1. The van der Waals surface area contributed by atoms with Crippen LogP contribution >= 0.6 is 0 Å². The molecule has 106 valence electrons. The molecule has 2 atom stereocenters. The van der Waals surface area contributed by atoms with Gasteiger partial charge in [-0.3, -0.25) is 4.98 Å². The molecule has 2 heterocycles. The van der Waals surface area contributed by atoms with Crippen LogP contribution in [0.15, 0.2) is 18.5 Å². The fourth-order valence-corrected chi connectivity index (χ4v) is 2.58. The summed E-state index contributed by atoms with van der Waals surface area (Å²) >= 11 is 0. The van der Waals surface area contributed by atoms with Gasteiger partial charge in [-0.25, -0.2) is 4.39 Å². The molecule has 1 aromatic rings. The van der Waals surface area contributed by atoms with Gasteiger partial charge in [-0.2, -0.15) is 0 Å². The van der Waals surface area contributed by atoms with Gasteiger partial charge in [0.05, 0.1) is 12.3 Å². The number of pyridine rings is 1. The molecule has 1 aliphatic rings. The van der Waals surface area contributed by atoms with Crippen molar-refractivity contribution in [2.24, 2.45) is 0 Å². The number of halogens is 1. The van der Waals surface area contributed by atoms with Crippen LogP contribution in [0, 0.1) is 5.82 Å². The normalized spacial score (nSPS) is 20.6. The van der Waals surface area contributed by atoms with E-state index in [0.717, 1.165) is 50.8 Å². The highest BCUT2D eigenvalue weighted by Crippen LogP contribution is 2.25. The molecule has 2 rings (SSSR count). The molecule has 0 aromatic carbocycles. The first-order valence-corrected chi connectivity index (χ1v) is 7.25. The fourth-order valence-electron chi connectivity index (χ4n) is 2.58. The zero-order valence-electron chi connectivity index (χ0n) is 11.6. The zero-order valence-corrected chi connectivity index (χ0v) is 11.6. The molecule has 1 N–H and O–H groups in total. The Bertz CT molecular complexity index is 380. The quantitative estimate of drug-likeness (QED) is 0.822. The van der Waals surface area contributed by atoms with Crippen molar-refractivity contribution in [2.45, 2.75) is 51.2 Å². The van der Waals surface area contributed by atoms with Crippen LogP contribution in [-0.4, -0.2) is 24.2 Å². The van der Waals surface area contributed by atoms with Crippen LogP contribution in [0.4, 0.5) is 4.39 Å². The van der Waals surface area contributed by atoms with Gasteiger partial charge in [0, 0.05) is 24.4 Å². The Hall–Kier alpha value is -1.00. The number of ether oxygens (including phenoxy) is 1. The minimum atomic E-state index is -0.219. The van der Waals surface area contributed by atoms with Crippen LogP contribution in [0.2, 0.25) is 0 Å². The topological polar surface area (TPSA) is 34.1 Å². The van der Waals surface area contributed by atoms with Crippen LogP contribution in [0.5, 0.6) is 0 Å². The molecular weight excluding hydrogens is 243 g/mol. The fraction of sp³-hybridized carbons (Fsp3) is 0.667. The van der Waals surface area contributed by atoms with Crippen LogP contribution in [0.1, 0.15) is 50.6 Å². The van der Waals surface area contributed by atoms with E-state index in [-0.39, 0.29) is 11.9 Å². The van der Waals surface area contributed by atoms with E-state index in [4.69, 9.17) is 4.74 Å². The van der Waals surface area contributed by atoms with Crippen LogP contribution in [-0.2, 0) is 4.74 Å². The maximum Gasteiger partial charge on any atom is 0.146 e. The Balaban J connectivity index is 1.96. The van der Waals surface area contributed by atoms with Crippen molar-refractivity contribution < 1.29 is 9.13 Å². The minimum Gasteiger partial charge on any atom is -0.378 e. The third kappa shape index (κ3) is 4.25. The minimum absolute atomic E-state index is 0.0622. The number of rotatable bonds is 7. The Morgan fingerprint density at radius 2 is 2.47 bits per heavy atom. The molecule has 0 amide bonds. The van der Waals surface area contributed by atoms with Gasteiger partial charge in [0.15, 0.2) is 0 Å². The zero-order chi connectivity index (χ0) is 13.5. The molecule has 1 fully saturated rings. The monoisotopic (exact) mass is 266 g/mol. The number of aromatic nitrogens is 1. The van der Waals surface area contributed by atoms with Gasteiger partial charge < -0.3 is 10.1 Å². The van der Waals surface area contributed by atoms with E-state index in [0.29, 0.717) is 6.10 Å². The van der Waals surface area contributed by atoms with Crippen molar-refractivity contribution in [2.75, 3.05) is 13.2 Å². The molecule has 0 spiro atoms. The molecule has 2 unspecified atom stereocenters. The van der Waals surface area contributed by atoms with Crippen LogP contribution < -0.4 is 5.32 Å². The molecular formula is C15H23FN2O. The molecule has 4 heteroatoms. The average molecular weight is 266 g/mol. The smallest absolute Gasteiger partial charge is 0.146 e. The van der Waals surface area contributed by atoms with Crippen molar-refractivity contribution in [1.82, 2.24) is 10.3 Å². The average Bonchev–Trinajstić information content (AvgIpc) is 2.93. The predicted octanol–water partition coefficient (Wildman–Crippen LogP) is 3.22. The third-order valence-electron chi connectivity index (χ3n) is 3.62. The van der Waals surface area contributed by atoms with Crippen molar-refractivity contribution in [3.05, 3.63) is 29.8 Å². The molecule has 3 nitrogen and oxygen atoms in total. The summed E-state index contributed by atoms with van der Waals surface area (Å²) in [7, 11) is 0. The van der Waals surface area contributed by atoms with E-state index >= 15 is 0 Å². The van der Waals surface area contributed by atoms with E-state index in [1.807, 2.05) is 0 Å². The van der Waals surface area contributed by atoms with Crippen molar-refractivity contribution in [3.8, 4) is 0 Å². The molecule has 0 aliphatic carbocycles. The second-order valence-corrected chi connectivity index (χ2v) is 5.12. The standard InChI is InChI=1S/C15H23FN2O/c1-2-8-18-15(6-5-12-4-3-10-19-12)13-7-9-17-11-14(13)16/h7,9,11-12,15,18H,2-6,8,10H2,1H3. The summed E-state index contributed by atoms with van der Waals surface area (Å²) in [6, 6.07) is 1.84. The van der Waals surface area contributed by atoms with E-state index < -0.39 is 0 Å². The molecule has 0 radical (unpaired) electrons. The highest BCUT2D eigenvalue weighted by atomic mass is 19.1. The molecule has 1 aromatic heterocycles. The summed E-state index contributed by atoms with van der Waals surface area (Å²) in [6.45, 7) is 3.90. The molecule has 0 bridgehead atoms. The van der Waals surface area contributed by atoms with E-state index in [1.54, 1.807) is 12.3 Å². The van der Waals surface area contributed by atoms with Crippen LogP contribution in [0.25, 0.3) is 0 Å². The second kappa shape index (κ2) is 7.56. The molecule has 1 saturated heterocycles. The van der Waals surface area contributed by atoms with Gasteiger partial charge >= 0.3 is 0 Å². The lowest BCUT2D eigenvalue weighted by Crippen LogP contribution is -2.24. The first kappa shape index (κ1) is 14.4. The first-order valence-electron chi connectivity index (χ1n) is 7.25. The van der Waals surface area contributed by atoms with E-state index in [1.165, 1.54) is 6.20 Å². The summed E-state index contributed by atoms with van der Waals surface area (Å²) < 4.78 is 19.5. The van der Waals surface area contributed by atoms with Crippen LogP contribution in [0.3, 0.4) is 0 Å². The lowest BCUT2D eigenvalue weighted by Gasteiger charge is -2.21. The van der Waals surface area contributed by atoms with Gasteiger partial charge in [0.2, 0.25) is 0 Å². The lowest BCUT2D eigenvalue weighted by molar-refractivity contribution is 0.0994. The summed E-state index contributed by atoms with van der Waals surface area (Å²) in [5, 5.41) is 3.43. The summed E-state index contributed by atoms with van der Waals surface area (Å²) in [6.07, 6.45) is 8.54. The predicted molar refractivity (Wildman–Crippen MR) is 73.4 cm³/mol. The molecule has 0 saturated carbocycles. The largest absolute Gasteiger partial charge is 0.378 e. The lowest BCUT2D eigenvalue weighted by atomic mass is 9.99. The summed E-state index contributed by atoms with van der Waals surface area (Å²) in [5.41, 5.74) is 0.724. The van der Waals surface area contributed by atoms with Crippen molar-refractivity contribution in [1.29, 1.82) is 0 Å². The Kier molecular flexibility index (Phi) is 5.73. The Morgan fingerprint density at radius 3 is 3.16 bits per heavy atom. The Labute approximate surface area is 114 Å².